The van der Waals surface area contributed by atoms with Gasteiger partial charge in [-0.1, -0.05) is 6.92 Å². The van der Waals surface area contributed by atoms with Gasteiger partial charge in [-0.25, -0.2) is 0 Å². The van der Waals surface area contributed by atoms with Crippen molar-refractivity contribution >= 4 is 16.7 Å². The van der Waals surface area contributed by atoms with Gasteiger partial charge in [0.2, 0.25) is 5.91 Å². The second kappa shape index (κ2) is 4.72. The van der Waals surface area contributed by atoms with Gasteiger partial charge in [-0.15, -0.1) is 0 Å². The quantitative estimate of drug-likeness (QED) is 0.638. The monoisotopic (exact) mass is 204 g/mol. The van der Waals surface area contributed by atoms with Crippen molar-refractivity contribution in [3.05, 3.63) is 0 Å². The van der Waals surface area contributed by atoms with Crippen molar-refractivity contribution in [2.45, 2.75) is 6.92 Å². The van der Waals surface area contributed by atoms with Crippen LogP contribution in [-0.2, 0) is 15.6 Å². The van der Waals surface area contributed by atoms with Gasteiger partial charge < -0.3 is 5.73 Å². The van der Waals surface area contributed by atoms with Crippen molar-refractivity contribution in [2.75, 3.05) is 31.1 Å². The third-order valence-corrected chi connectivity index (χ3v) is 3.63. The summed E-state index contributed by atoms with van der Waals surface area (Å²) in [5.74, 6) is 1.50. The van der Waals surface area contributed by atoms with E-state index in [4.69, 9.17) is 5.73 Å². The molecular formula is C8H16N2O2S. The molecule has 1 aliphatic rings. The summed E-state index contributed by atoms with van der Waals surface area (Å²) < 4.78 is 11.3. The number of hydrogen-bond acceptors (Lipinski definition) is 3. The van der Waals surface area contributed by atoms with Gasteiger partial charge in [0.05, 0.1) is 6.54 Å². The number of rotatable bonds is 2. The molecule has 1 amide bonds. The molecule has 1 heterocycles. The van der Waals surface area contributed by atoms with Gasteiger partial charge in [0.15, 0.2) is 0 Å². The number of hydrogen-bond donors (Lipinski definition) is 1. The highest BCUT2D eigenvalue weighted by atomic mass is 32.2. The SMILES string of the molecule is CC1CN(CC(N)=O)CCS(=O)C1. The van der Waals surface area contributed by atoms with E-state index in [1.807, 2.05) is 4.90 Å². The Morgan fingerprint density at radius 1 is 1.69 bits per heavy atom. The molecule has 2 unspecified atom stereocenters. The Morgan fingerprint density at radius 3 is 3.00 bits per heavy atom. The van der Waals surface area contributed by atoms with Gasteiger partial charge in [0, 0.05) is 35.4 Å². The van der Waals surface area contributed by atoms with Crippen molar-refractivity contribution in [3.63, 3.8) is 0 Å². The minimum Gasteiger partial charge on any atom is -0.369 e. The fourth-order valence-electron chi connectivity index (χ4n) is 1.58. The lowest BCUT2D eigenvalue weighted by Gasteiger charge is -2.19. The zero-order chi connectivity index (χ0) is 9.84. The molecule has 0 aromatic heterocycles. The highest BCUT2D eigenvalue weighted by Crippen LogP contribution is 2.07. The summed E-state index contributed by atoms with van der Waals surface area (Å²) in [6.45, 7) is 3.90. The van der Waals surface area contributed by atoms with Crippen molar-refractivity contribution < 1.29 is 9.00 Å². The van der Waals surface area contributed by atoms with Gasteiger partial charge in [-0.2, -0.15) is 0 Å². The number of carbonyl (C=O) groups is 1. The highest BCUT2D eigenvalue weighted by molar-refractivity contribution is 7.85. The summed E-state index contributed by atoms with van der Waals surface area (Å²) in [4.78, 5) is 12.7. The number of amides is 1. The molecule has 0 bridgehead atoms. The molecule has 0 aliphatic carbocycles. The summed E-state index contributed by atoms with van der Waals surface area (Å²) in [6.07, 6.45) is 0. The topological polar surface area (TPSA) is 63.4 Å². The molecule has 1 fully saturated rings. The smallest absolute Gasteiger partial charge is 0.231 e. The number of primary amides is 1. The van der Waals surface area contributed by atoms with Gasteiger partial charge in [0.25, 0.3) is 0 Å². The van der Waals surface area contributed by atoms with Crippen LogP contribution in [0.5, 0.6) is 0 Å². The van der Waals surface area contributed by atoms with E-state index in [-0.39, 0.29) is 5.91 Å². The van der Waals surface area contributed by atoms with Crippen molar-refractivity contribution in [2.24, 2.45) is 11.7 Å². The van der Waals surface area contributed by atoms with E-state index in [2.05, 4.69) is 6.92 Å². The maximum absolute atomic E-state index is 11.3. The second-order valence-electron chi connectivity index (χ2n) is 3.62. The summed E-state index contributed by atoms with van der Waals surface area (Å²) in [5.41, 5.74) is 5.10. The normalized spacial score (nSPS) is 31.2. The van der Waals surface area contributed by atoms with Crippen LogP contribution in [0.1, 0.15) is 6.92 Å². The first kappa shape index (κ1) is 10.7. The molecule has 0 radical (unpaired) electrons. The molecule has 2 atom stereocenters. The van der Waals surface area contributed by atoms with Crippen LogP contribution in [0.25, 0.3) is 0 Å². The maximum atomic E-state index is 11.3. The van der Waals surface area contributed by atoms with Gasteiger partial charge in [-0.3, -0.25) is 13.9 Å². The van der Waals surface area contributed by atoms with Crippen LogP contribution in [0.15, 0.2) is 0 Å². The Balaban J connectivity index is 2.47. The van der Waals surface area contributed by atoms with Crippen molar-refractivity contribution in [1.82, 2.24) is 4.90 Å². The summed E-state index contributed by atoms with van der Waals surface area (Å²) in [6, 6.07) is 0. The van der Waals surface area contributed by atoms with E-state index in [0.717, 1.165) is 18.8 Å². The first-order chi connectivity index (χ1) is 6.08. The molecule has 2 N–H and O–H groups in total. The molecular weight excluding hydrogens is 188 g/mol. The second-order valence-corrected chi connectivity index (χ2v) is 5.24. The zero-order valence-electron chi connectivity index (χ0n) is 7.86. The fraction of sp³-hybridized carbons (Fsp3) is 0.875. The van der Waals surface area contributed by atoms with E-state index in [0.29, 0.717) is 18.2 Å². The molecule has 0 spiro atoms. The van der Waals surface area contributed by atoms with E-state index < -0.39 is 10.8 Å². The van der Waals surface area contributed by atoms with Crippen molar-refractivity contribution in [3.8, 4) is 0 Å². The number of nitrogens with zero attached hydrogens (tertiary/aromatic N) is 1. The average Bonchev–Trinajstić information content (AvgIpc) is 2.11. The summed E-state index contributed by atoms with van der Waals surface area (Å²) >= 11 is 0. The van der Waals surface area contributed by atoms with Crippen LogP contribution >= 0.6 is 0 Å². The predicted octanol–water partition coefficient (Wildman–Crippen LogP) is -0.828. The van der Waals surface area contributed by atoms with Crippen LogP contribution in [0.4, 0.5) is 0 Å². The summed E-state index contributed by atoms with van der Waals surface area (Å²) in [5, 5.41) is 0. The highest BCUT2D eigenvalue weighted by Gasteiger charge is 2.19. The van der Waals surface area contributed by atoms with Crippen LogP contribution in [0.3, 0.4) is 0 Å². The number of nitrogens with two attached hydrogens (primary N) is 1. The fourth-order valence-corrected chi connectivity index (χ4v) is 2.95. The third kappa shape index (κ3) is 3.87. The lowest BCUT2D eigenvalue weighted by Crippen LogP contribution is -2.37. The van der Waals surface area contributed by atoms with Gasteiger partial charge in [-0.05, 0) is 5.92 Å². The van der Waals surface area contributed by atoms with Crippen LogP contribution in [0, 0.1) is 5.92 Å². The third-order valence-electron chi connectivity index (χ3n) is 2.05. The summed E-state index contributed by atoms with van der Waals surface area (Å²) in [7, 11) is -0.717. The van der Waals surface area contributed by atoms with Gasteiger partial charge >= 0.3 is 0 Å². The van der Waals surface area contributed by atoms with E-state index in [9.17, 15) is 9.00 Å². The minimum atomic E-state index is -0.717. The molecule has 4 nitrogen and oxygen atoms in total. The Morgan fingerprint density at radius 2 is 2.38 bits per heavy atom. The molecule has 0 aromatic rings. The standard InChI is InChI=1S/C8H16N2O2S/c1-7-4-10(5-8(9)11)2-3-13(12)6-7/h7H,2-6H2,1H3,(H2,9,11). The van der Waals surface area contributed by atoms with Gasteiger partial charge in [0.1, 0.15) is 0 Å². The van der Waals surface area contributed by atoms with E-state index in [1.54, 1.807) is 0 Å². The predicted molar refractivity (Wildman–Crippen MR) is 52.7 cm³/mol. The Labute approximate surface area is 80.9 Å². The molecule has 0 saturated carbocycles. The molecule has 5 heteroatoms. The van der Waals surface area contributed by atoms with Crippen LogP contribution in [0.2, 0.25) is 0 Å². The first-order valence-corrected chi connectivity index (χ1v) is 5.92. The average molecular weight is 204 g/mol. The maximum Gasteiger partial charge on any atom is 0.231 e. The minimum absolute atomic E-state index is 0.293. The molecule has 76 valence electrons. The van der Waals surface area contributed by atoms with Crippen LogP contribution in [-0.4, -0.2) is 46.2 Å². The largest absolute Gasteiger partial charge is 0.369 e. The molecule has 0 aromatic carbocycles. The Kier molecular flexibility index (Phi) is 3.87. The molecule has 1 rings (SSSR count). The first-order valence-electron chi connectivity index (χ1n) is 4.43. The molecule has 13 heavy (non-hydrogen) atoms. The van der Waals surface area contributed by atoms with Crippen molar-refractivity contribution in [1.29, 1.82) is 0 Å². The number of carbonyl (C=O) groups excluding carboxylic acids is 1. The van der Waals surface area contributed by atoms with Crippen LogP contribution < -0.4 is 5.73 Å². The molecule has 1 aliphatic heterocycles. The lowest BCUT2D eigenvalue weighted by molar-refractivity contribution is -0.119. The molecule has 1 saturated heterocycles. The Hall–Kier alpha value is -0.420. The van der Waals surface area contributed by atoms with E-state index >= 15 is 0 Å². The Bertz CT molecular complexity index is 220. The lowest BCUT2D eigenvalue weighted by atomic mass is 10.2. The van der Waals surface area contributed by atoms with E-state index in [1.165, 1.54) is 0 Å². The zero-order valence-corrected chi connectivity index (χ0v) is 8.68.